The number of benzene rings is 2. The lowest BCUT2D eigenvalue weighted by Crippen LogP contribution is -2.13. The average molecular weight is 280 g/mol. The van der Waals surface area contributed by atoms with Gasteiger partial charge in [-0.3, -0.25) is 4.79 Å². The van der Waals surface area contributed by atoms with E-state index in [2.05, 4.69) is 0 Å². The van der Waals surface area contributed by atoms with E-state index in [0.717, 1.165) is 16.7 Å². The predicted octanol–water partition coefficient (Wildman–Crippen LogP) is 4.07. The summed E-state index contributed by atoms with van der Waals surface area (Å²) in [4.78, 5) is 11.5. The lowest BCUT2D eigenvalue weighted by atomic mass is 9.94. The molecule has 2 N–H and O–H groups in total. The molecule has 2 nitrogen and oxygen atoms in total. The first-order chi connectivity index (χ1) is 8.52. The molecule has 0 aliphatic rings. The standard InChI is InChI=1S/C14H11Cl2NO/c1-8-4-2-6-10(14(17)18)12(8)9-5-3-7-11(15)13(9)16/h2-7H,1H3,(H2,17,18). The highest BCUT2D eigenvalue weighted by Gasteiger charge is 2.15. The fourth-order valence-corrected chi connectivity index (χ4v) is 2.32. The maximum absolute atomic E-state index is 11.5. The number of carbonyl (C=O) groups excluding carboxylic acids is 1. The van der Waals surface area contributed by atoms with Crippen LogP contribution in [-0.4, -0.2) is 5.91 Å². The molecule has 2 rings (SSSR count). The first-order valence-electron chi connectivity index (χ1n) is 5.36. The Bertz CT molecular complexity index is 623. The maximum Gasteiger partial charge on any atom is 0.249 e. The first kappa shape index (κ1) is 12.9. The van der Waals surface area contributed by atoms with Crippen LogP contribution in [0.5, 0.6) is 0 Å². The quantitative estimate of drug-likeness (QED) is 0.885. The minimum atomic E-state index is -0.482. The normalized spacial score (nSPS) is 10.4. The third kappa shape index (κ3) is 2.22. The molecule has 0 bridgehead atoms. The molecule has 0 heterocycles. The SMILES string of the molecule is Cc1cccc(C(N)=O)c1-c1cccc(Cl)c1Cl. The molecule has 0 aromatic heterocycles. The third-order valence-corrected chi connectivity index (χ3v) is 3.58. The van der Waals surface area contributed by atoms with Crippen LogP contribution in [0.1, 0.15) is 15.9 Å². The van der Waals surface area contributed by atoms with Crippen LogP contribution < -0.4 is 5.73 Å². The maximum atomic E-state index is 11.5. The molecular formula is C14H11Cl2NO. The molecule has 1 amide bonds. The van der Waals surface area contributed by atoms with Crippen molar-refractivity contribution in [3.8, 4) is 11.1 Å². The number of aryl methyl sites for hydroxylation is 1. The number of halogens is 2. The van der Waals surface area contributed by atoms with E-state index >= 15 is 0 Å². The van der Waals surface area contributed by atoms with E-state index in [-0.39, 0.29) is 0 Å². The second-order valence-corrected chi connectivity index (χ2v) is 4.75. The van der Waals surface area contributed by atoms with Gasteiger partial charge in [0.25, 0.3) is 0 Å². The number of hydrogen-bond donors (Lipinski definition) is 1. The summed E-state index contributed by atoms with van der Waals surface area (Å²) in [5.41, 5.74) is 8.22. The Balaban J connectivity index is 2.78. The van der Waals surface area contributed by atoms with Gasteiger partial charge in [-0.25, -0.2) is 0 Å². The van der Waals surface area contributed by atoms with Crippen molar-refractivity contribution in [2.45, 2.75) is 6.92 Å². The lowest BCUT2D eigenvalue weighted by molar-refractivity contribution is 0.100. The van der Waals surface area contributed by atoms with Crippen molar-refractivity contribution < 1.29 is 4.79 Å². The van der Waals surface area contributed by atoms with Gasteiger partial charge in [-0.15, -0.1) is 0 Å². The van der Waals surface area contributed by atoms with Gasteiger partial charge in [0.1, 0.15) is 0 Å². The summed E-state index contributed by atoms with van der Waals surface area (Å²) in [6.45, 7) is 1.90. The summed E-state index contributed by atoms with van der Waals surface area (Å²) < 4.78 is 0. The molecule has 0 atom stereocenters. The van der Waals surface area contributed by atoms with Crippen LogP contribution in [0.4, 0.5) is 0 Å². The lowest BCUT2D eigenvalue weighted by Gasteiger charge is -2.12. The Labute approximate surface area is 115 Å². The van der Waals surface area contributed by atoms with Crippen molar-refractivity contribution in [1.29, 1.82) is 0 Å². The minimum absolute atomic E-state index is 0.427. The smallest absolute Gasteiger partial charge is 0.249 e. The van der Waals surface area contributed by atoms with Crippen LogP contribution in [-0.2, 0) is 0 Å². The summed E-state index contributed by atoms with van der Waals surface area (Å²) in [7, 11) is 0. The zero-order chi connectivity index (χ0) is 13.3. The zero-order valence-corrected chi connectivity index (χ0v) is 11.2. The molecule has 2 aromatic rings. The van der Waals surface area contributed by atoms with E-state index in [1.54, 1.807) is 24.3 Å². The minimum Gasteiger partial charge on any atom is -0.366 e. The van der Waals surface area contributed by atoms with Crippen molar-refractivity contribution in [2.24, 2.45) is 5.73 Å². The second-order valence-electron chi connectivity index (χ2n) is 3.96. The van der Waals surface area contributed by atoms with Crippen molar-refractivity contribution in [3.63, 3.8) is 0 Å². The van der Waals surface area contributed by atoms with E-state index in [0.29, 0.717) is 15.6 Å². The van der Waals surface area contributed by atoms with E-state index < -0.39 is 5.91 Å². The van der Waals surface area contributed by atoms with Crippen LogP contribution in [0.3, 0.4) is 0 Å². The Morgan fingerprint density at radius 1 is 1.11 bits per heavy atom. The largest absolute Gasteiger partial charge is 0.366 e. The van der Waals surface area contributed by atoms with Crippen LogP contribution in [0.25, 0.3) is 11.1 Å². The van der Waals surface area contributed by atoms with Gasteiger partial charge < -0.3 is 5.73 Å². The van der Waals surface area contributed by atoms with Gasteiger partial charge in [0, 0.05) is 11.1 Å². The summed E-state index contributed by atoms with van der Waals surface area (Å²) in [5, 5.41) is 0.879. The topological polar surface area (TPSA) is 43.1 Å². The molecule has 0 spiro atoms. The third-order valence-electron chi connectivity index (χ3n) is 2.76. The van der Waals surface area contributed by atoms with Gasteiger partial charge in [0.15, 0.2) is 0 Å². The molecule has 0 saturated carbocycles. The Hall–Kier alpha value is -1.51. The molecule has 2 aromatic carbocycles. The molecule has 0 aliphatic heterocycles. The molecule has 4 heteroatoms. The number of carbonyl (C=O) groups is 1. The van der Waals surface area contributed by atoms with Crippen LogP contribution in [0.15, 0.2) is 36.4 Å². The highest BCUT2D eigenvalue weighted by atomic mass is 35.5. The predicted molar refractivity (Wildman–Crippen MR) is 75.2 cm³/mol. The van der Waals surface area contributed by atoms with Crippen molar-refractivity contribution in [3.05, 3.63) is 57.6 Å². The van der Waals surface area contributed by atoms with E-state index in [9.17, 15) is 4.79 Å². The van der Waals surface area contributed by atoms with Gasteiger partial charge in [-0.05, 0) is 30.2 Å². The summed E-state index contributed by atoms with van der Waals surface area (Å²) in [5.74, 6) is -0.482. The molecule has 0 aliphatic carbocycles. The van der Waals surface area contributed by atoms with Gasteiger partial charge in [-0.1, -0.05) is 47.5 Å². The highest BCUT2D eigenvalue weighted by molar-refractivity contribution is 6.43. The second kappa shape index (κ2) is 5.01. The average Bonchev–Trinajstić information content (AvgIpc) is 2.33. The molecule has 0 unspecified atom stereocenters. The molecule has 0 fully saturated rings. The van der Waals surface area contributed by atoms with Gasteiger partial charge in [0.05, 0.1) is 10.0 Å². The number of primary amides is 1. The molecule has 18 heavy (non-hydrogen) atoms. The fourth-order valence-electron chi connectivity index (χ4n) is 1.93. The van der Waals surface area contributed by atoms with E-state index in [1.807, 2.05) is 19.1 Å². The highest BCUT2D eigenvalue weighted by Crippen LogP contribution is 2.36. The Kier molecular flexibility index (Phi) is 3.60. The monoisotopic (exact) mass is 279 g/mol. The Morgan fingerprint density at radius 2 is 1.78 bits per heavy atom. The van der Waals surface area contributed by atoms with Crippen LogP contribution >= 0.6 is 23.2 Å². The summed E-state index contributed by atoms with van der Waals surface area (Å²) in [6.07, 6.45) is 0. The number of hydrogen-bond acceptors (Lipinski definition) is 1. The zero-order valence-electron chi connectivity index (χ0n) is 9.71. The number of rotatable bonds is 2. The van der Waals surface area contributed by atoms with Crippen molar-refractivity contribution in [1.82, 2.24) is 0 Å². The number of nitrogens with two attached hydrogens (primary N) is 1. The van der Waals surface area contributed by atoms with E-state index in [1.165, 1.54) is 0 Å². The summed E-state index contributed by atoms with van der Waals surface area (Å²) in [6, 6.07) is 10.7. The summed E-state index contributed by atoms with van der Waals surface area (Å²) >= 11 is 12.2. The van der Waals surface area contributed by atoms with Crippen LogP contribution in [0.2, 0.25) is 10.0 Å². The van der Waals surface area contributed by atoms with Gasteiger partial charge in [0.2, 0.25) is 5.91 Å². The van der Waals surface area contributed by atoms with Crippen LogP contribution in [0, 0.1) is 6.92 Å². The van der Waals surface area contributed by atoms with Crippen molar-refractivity contribution >= 4 is 29.1 Å². The molecule has 0 radical (unpaired) electrons. The number of amides is 1. The Morgan fingerprint density at radius 3 is 2.44 bits per heavy atom. The van der Waals surface area contributed by atoms with Crippen molar-refractivity contribution in [2.75, 3.05) is 0 Å². The van der Waals surface area contributed by atoms with Gasteiger partial charge >= 0.3 is 0 Å². The van der Waals surface area contributed by atoms with Gasteiger partial charge in [-0.2, -0.15) is 0 Å². The molecule has 92 valence electrons. The van der Waals surface area contributed by atoms with E-state index in [4.69, 9.17) is 28.9 Å². The molecule has 0 saturated heterocycles. The molecular weight excluding hydrogens is 269 g/mol. The fraction of sp³-hybridized carbons (Fsp3) is 0.0714. The first-order valence-corrected chi connectivity index (χ1v) is 6.11.